The van der Waals surface area contributed by atoms with Crippen molar-refractivity contribution < 1.29 is 13.3 Å². The molecule has 5 nitrogen and oxygen atoms in total. The van der Waals surface area contributed by atoms with Crippen LogP contribution in [0.5, 0.6) is 0 Å². The van der Waals surface area contributed by atoms with E-state index in [1.165, 1.54) is 18.7 Å². The molecule has 0 radical (unpaired) electrons. The third-order valence-corrected chi connectivity index (χ3v) is 6.53. The van der Waals surface area contributed by atoms with Crippen LogP contribution in [-0.4, -0.2) is 67.4 Å². The summed E-state index contributed by atoms with van der Waals surface area (Å²) >= 11 is 0. The van der Waals surface area contributed by atoms with Crippen molar-refractivity contribution in [1.29, 1.82) is 0 Å². The first-order valence-electron chi connectivity index (χ1n) is 7.02. The molecule has 1 rings (SSSR count). The zero-order valence-electron chi connectivity index (χ0n) is 12.8. The van der Waals surface area contributed by atoms with Gasteiger partial charge >= 0.3 is 8.80 Å². The van der Waals surface area contributed by atoms with Gasteiger partial charge in [0.1, 0.15) is 0 Å². The van der Waals surface area contributed by atoms with Gasteiger partial charge in [-0.05, 0) is 39.3 Å². The van der Waals surface area contributed by atoms with Gasteiger partial charge in [-0.15, -0.1) is 0 Å². The maximum absolute atomic E-state index is 5.40. The lowest BCUT2D eigenvalue weighted by molar-refractivity contribution is 0.123. The molecule has 0 aromatic carbocycles. The predicted molar refractivity (Wildman–Crippen MR) is 79.9 cm³/mol. The molecule has 0 aromatic rings. The lowest BCUT2D eigenvalue weighted by Crippen LogP contribution is -2.42. The fourth-order valence-electron chi connectivity index (χ4n) is 2.36. The highest BCUT2D eigenvalue weighted by Gasteiger charge is 2.36. The van der Waals surface area contributed by atoms with E-state index in [0.717, 1.165) is 38.4 Å². The molecule has 0 amide bonds. The second kappa shape index (κ2) is 8.81. The van der Waals surface area contributed by atoms with Crippen LogP contribution in [0.1, 0.15) is 25.7 Å². The van der Waals surface area contributed by atoms with Gasteiger partial charge in [-0.25, -0.2) is 0 Å². The summed E-state index contributed by atoms with van der Waals surface area (Å²) in [5, 5.41) is 0. The Balaban J connectivity index is 2.32. The smallest absolute Gasteiger partial charge is 0.377 e. The summed E-state index contributed by atoms with van der Waals surface area (Å²) in [7, 11) is 4.75. The monoisotopic (exact) mass is 288 g/mol. The second-order valence-corrected chi connectivity index (χ2v) is 8.09. The minimum atomic E-state index is -2.40. The first kappa shape index (κ1) is 16.8. The molecule has 6 heteroatoms. The van der Waals surface area contributed by atoms with Crippen molar-refractivity contribution in [2.24, 2.45) is 4.99 Å². The van der Waals surface area contributed by atoms with E-state index < -0.39 is 8.80 Å². The zero-order valence-corrected chi connectivity index (χ0v) is 13.8. The van der Waals surface area contributed by atoms with E-state index in [1.807, 2.05) is 0 Å². The van der Waals surface area contributed by atoms with Crippen LogP contribution in [0, 0.1) is 0 Å². The number of nitrogens with zero attached hydrogens (tertiary/aromatic N) is 2. The van der Waals surface area contributed by atoms with E-state index in [4.69, 9.17) is 18.3 Å². The molecule has 0 unspecified atom stereocenters. The summed E-state index contributed by atoms with van der Waals surface area (Å²) in [6.07, 6.45) is 4.44. The Labute approximate surface area is 118 Å². The molecular formula is C13H28N2O3Si. The molecule has 0 spiro atoms. The molecule has 1 aliphatic heterocycles. The molecule has 19 heavy (non-hydrogen) atoms. The molecular weight excluding hydrogens is 260 g/mol. The van der Waals surface area contributed by atoms with Crippen LogP contribution < -0.4 is 0 Å². The summed E-state index contributed by atoms with van der Waals surface area (Å²) in [5.41, 5.74) is 1.36. The Hall–Kier alpha value is -0.273. The SMILES string of the molecule is CO[Si](CCCN=C1CCCN(C)CC1)(OC)OC. The quantitative estimate of drug-likeness (QED) is 0.529. The van der Waals surface area contributed by atoms with Crippen LogP contribution in [0.4, 0.5) is 0 Å². The summed E-state index contributed by atoms with van der Waals surface area (Å²) < 4.78 is 16.2. The molecule has 1 fully saturated rings. The molecule has 1 heterocycles. The summed E-state index contributed by atoms with van der Waals surface area (Å²) in [4.78, 5) is 7.11. The van der Waals surface area contributed by atoms with Crippen LogP contribution in [0.3, 0.4) is 0 Å². The van der Waals surface area contributed by atoms with Crippen LogP contribution in [-0.2, 0) is 13.3 Å². The Morgan fingerprint density at radius 2 is 1.79 bits per heavy atom. The zero-order chi connectivity index (χ0) is 14.1. The fraction of sp³-hybridized carbons (Fsp3) is 0.923. The maximum atomic E-state index is 5.40. The molecule has 1 aliphatic rings. The van der Waals surface area contributed by atoms with Crippen molar-refractivity contribution in [2.75, 3.05) is 48.0 Å². The maximum Gasteiger partial charge on any atom is 0.500 e. The van der Waals surface area contributed by atoms with Crippen molar-refractivity contribution in [2.45, 2.75) is 31.7 Å². The third-order valence-electron chi connectivity index (χ3n) is 3.70. The Morgan fingerprint density at radius 1 is 1.11 bits per heavy atom. The number of rotatable bonds is 7. The number of likely N-dealkylation sites (tertiary alicyclic amines) is 1. The average Bonchev–Trinajstić information content (AvgIpc) is 2.65. The minimum absolute atomic E-state index is 0.827. The van der Waals surface area contributed by atoms with Gasteiger partial charge in [0, 0.05) is 46.2 Å². The highest BCUT2D eigenvalue weighted by atomic mass is 28.4. The van der Waals surface area contributed by atoms with Gasteiger partial charge in [0.15, 0.2) is 0 Å². The molecule has 1 saturated heterocycles. The van der Waals surface area contributed by atoms with Crippen molar-refractivity contribution in [3.63, 3.8) is 0 Å². The molecule has 0 aromatic heterocycles. The standard InChI is InChI=1S/C13H28N2O3Si/c1-15-10-5-7-13(8-11-15)14-9-6-12-19(16-2,17-3)18-4/h5-12H2,1-4H3. The molecule has 0 saturated carbocycles. The highest BCUT2D eigenvalue weighted by Crippen LogP contribution is 2.15. The van der Waals surface area contributed by atoms with E-state index in [0.29, 0.717) is 0 Å². The van der Waals surface area contributed by atoms with Crippen LogP contribution in [0.15, 0.2) is 4.99 Å². The van der Waals surface area contributed by atoms with Gasteiger partial charge in [0.2, 0.25) is 0 Å². The van der Waals surface area contributed by atoms with E-state index in [-0.39, 0.29) is 0 Å². The lowest BCUT2D eigenvalue weighted by Gasteiger charge is -2.23. The highest BCUT2D eigenvalue weighted by molar-refractivity contribution is 6.60. The van der Waals surface area contributed by atoms with Gasteiger partial charge in [-0.3, -0.25) is 4.99 Å². The Kier molecular flexibility index (Phi) is 7.78. The fourth-order valence-corrected chi connectivity index (χ4v) is 4.06. The van der Waals surface area contributed by atoms with Crippen molar-refractivity contribution >= 4 is 14.5 Å². The summed E-state index contributed by atoms with van der Waals surface area (Å²) in [6, 6.07) is 0.827. The average molecular weight is 288 g/mol. The van der Waals surface area contributed by atoms with Crippen LogP contribution in [0.25, 0.3) is 0 Å². The molecule has 0 atom stereocenters. The number of hydrogen-bond acceptors (Lipinski definition) is 5. The lowest BCUT2D eigenvalue weighted by atomic mass is 10.2. The van der Waals surface area contributed by atoms with E-state index in [2.05, 4.69) is 11.9 Å². The molecule has 0 N–H and O–H groups in total. The first-order valence-corrected chi connectivity index (χ1v) is 8.95. The summed E-state index contributed by atoms with van der Waals surface area (Å²) in [5.74, 6) is 0. The second-order valence-electron chi connectivity index (χ2n) is 5.00. The Bertz CT molecular complexity index is 275. The van der Waals surface area contributed by atoms with Gasteiger partial charge < -0.3 is 18.2 Å². The van der Waals surface area contributed by atoms with Crippen molar-refractivity contribution in [3.8, 4) is 0 Å². The molecule has 0 bridgehead atoms. The van der Waals surface area contributed by atoms with Crippen molar-refractivity contribution in [1.82, 2.24) is 4.90 Å². The Morgan fingerprint density at radius 3 is 2.42 bits per heavy atom. The summed E-state index contributed by atoms with van der Waals surface area (Å²) in [6.45, 7) is 3.17. The molecule has 0 aliphatic carbocycles. The topological polar surface area (TPSA) is 43.3 Å². The number of aliphatic imine (C=N–C) groups is 1. The van der Waals surface area contributed by atoms with Gasteiger partial charge in [0.05, 0.1) is 0 Å². The van der Waals surface area contributed by atoms with Gasteiger partial charge in [0.25, 0.3) is 0 Å². The van der Waals surface area contributed by atoms with Crippen LogP contribution >= 0.6 is 0 Å². The minimum Gasteiger partial charge on any atom is -0.377 e. The predicted octanol–water partition coefficient (Wildman–Crippen LogP) is 1.81. The van der Waals surface area contributed by atoms with E-state index >= 15 is 0 Å². The molecule has 112 valence electrons. The van der Waals surface area contributed by atoms with Gasteiger partial charge in [-0.1, -0.05) is 0 Å². The van der Waals surface area contributed by atoms with Crippen molar-refractivity contribution in [3.05, 3.63) is 0 Å². The first-order chi connectivity index (χ1) is 9.15. The normalized spacial score (nSPS) is 20.7. The van der Waals surface area contributed by atoms with Gasteiger partial charge in [-0.2, -0.15) is 0 Å². The largest absolute Gasteiger partial charge is 0.500 e. The van der Waals surface area contributed by atoms with E-state index in [1.54, 1.807) is 21.3 Å². The third kappa shape index (κ3) is 5.70. The number of hydrogen-bond donors (Lipinski definition) is 0. The van der Waals surface area contributed by atoms with Crippen LogP contribution in [0.2, 0.25) is 6.04 Å². The van der Waals surface area contributed by atoms with E-state index in [9.17, 15) is 0 Å².